The van der Waals surface area contributed by atoms with E-state index in [9.17, 15) is 0 Å². The van der Waals surface area contributed by atoms with E-state index < -0.39 is 0 Å². The number of thioether (sulfide) groups is 1. The molecule has 0 aliphatic heterocycles. The Kier molecular flexibility index (Phi) is 4.13. The first kappa shape index (κ1) is 14.0. The first-order valence-electron chi connectivity index (χ1n) is 6.28. The van der Waals surface area contributed by atoms with Crippen LogP contribution in [0.1, 0.15) is 5.89 Å². The Morgan fingerprint density at radius 2 is 1.90 bits per heavy atom. The molecule has 4 nitrogen and oxygen atoms in total. The highest BCUT2D eigenvalue weighted by atomic mass is 35.5. The predicted octanol–water partition coefficient (Wildman–Crippen LogP) is 4.26. The summed E-state index contributed by atoms with van der Waals surface area (Å²) in [5.41, 5.74) is 7.47. The van der Waals surface area contributed by atoms with Gasteiger partial charge in [0.15, 0.2) is 0 Å². The second-order valence-corrected chi connectivity index (χ2v) is 5.79. The number of nitrogens with zero attached hydrogens (tertiary/aromatic N) is 2. The summed E-state index contributed by atoms with van der Waals surface area (Å²) in [4.78, 5) is 0.943. The van der Waals surface area contributed by atoms with E-state index in [4.69, 9.17) is 21.8 Å². The van der Waals surface area contributed by atoms with Crippen molar-refractivity contribution in [2.45, 2.75) is 10.6 Å². The van der Waals surface area contributed by atoms with E-state index in [0.29, 0.717) is 28.2 Å². The van der Waals surface area contributed by atoms with Crippen molar-refractivity contribution in [3.05, 3.63) is 59.4 Å². The van der Waals surface area contributed by atoms with Crippen LogP contribution in [0.4, 0.5) is 5.69 Å². The molecule has 2 N–H and O–H groups in total. The third-order valence-electron chi connectivity index (χ3n) is 2.81. The molecule has 3 rings (SSSR count). The van der Waals surface area contributed by atoms with E-state index in [2.05, 4.69) is 10.2 Å². The van der Waals surface area contributed by atoms with Crippen LogP contribution < -0.4 is 5.73 Å². The van der Waals surface area contributed by atoms with Crippen molar-refractivity contribution in [2.75, 3.05) is 5.73 Å². The highest BCUT2D eigenvalue weighted by Gasteiger charge is 2.09. The molecule has 0 unspecified atom stereocenters. The summed E-state index contributed by atoms with van der Waals surface area (Å²) in [6.45, 7) is 0. The number of halogens is 1. The Labute approximate surface area is 131 Å². The van der Waals surface area contributed by atoms with Gasteiger partial charge in [0.25, 0.3) is 0 Å². The molecule has 1 heterocycles. The Morgan fingerprint density at radius 1 is 1.10 bits per heavy atom. The van der Waals surface area contributed by atoms with E-state index in [0.717, 1.165) is 10.5 Å². The maximum Gasteiger partial charge on any atom is 0.247 e. The third-order valence-corrected chi connectivity index (χ3v) is 4.12. The molecule has 0 saturated carbocycles. The van der Waals surface area contributed by atoms with Crippen molar-refractivity contribution in [1.82, 2.24) is 10.2 Å². The molecule has 0 saturated heterocycles. The molecular formula is C15H12ClN3OS. The summed E-state index contributed by atoms with van der Waals surface area (Å²) < 4.78 is 5.65. The number of anilines is 1. The number of rotatable bonds is 4. The zero-order valence-corrected chi connectivity index (χ0v) is 12.6. The van der Waals surface area contributed by atoms with Crippen LogP contribution in [0.3, 0.4) is 0 Å². The fourth-order valence-electron chi connectivity index (χ4n) is 1.80. The largest absolute Gasteiger partial charge is 0.420 e. The van der Waals surface area contributed by atoms with Crippen LogP contribution in [0.5, 0.6) is 0 Å². The summed E-state index contributed by atoms with van der Waals surface area (Å²) in [5, 5.41) is 8.73. The van der Waals surface area contributed by atoms with Crippen molar-refractivity contribution >= 4 is 29.1 Å². The summed E-state index contributed by atoms with van der Waals surface area (Å²) in [7, 11) is 0. The minimum atomic E-state index is 0.523. The Morgan fingerprint density at radius 3 is 2.67 bits per heavy atom. The molecular weight excluding hydrogens is 306 g/mol. The second kappa shape index (κ2) is 6.20. The van der Waals surface area contributed by atoms with Crippen LogP contribution >= 0.6 is 23.4 Å². The molecule has 2 aromatic carbocycles. The monoisotopic (exact) mass is 317 g/mol. The van der Waals surface area contributed by atoms with E-state index in [1.54, 1.807) is 6.07 Å². The maximum absolute atomic E-state index is 5.91. The van der Waals surface area contributed by atoms with Crippen molar-refractivity contribution in [1.29, 1.82) is 0 Å². The fraction of sp³-hybridized carbons (Fsp3) is 0.0667. The molecule has 6 heteroatoms. The minimum absolute atomic E-state index is 0.523. The Hall–Kier alpha value is -1.98. The van der Waals surface area contributed by atoms with E-state index in [-0.39, 0.29) is 0 Å². The predicted molar refractivity (Wildman–Crippen MR) is 85.2 cm³/mol. The van der Waals surface area contributed by atoms with Crippen LogP contribution in [0, 0.1) is 0 Å². The molecule has 1 aromatic heterocycles. The first-order chi connectivity index (χ1) is 10.2. The lowest BCUT2D eigenvalue weighted by atomic mass is 10.2. The highest BCUT2D eigenvalue weighted by molar-refractivity contribution is 7.98. The van der Waals surface area contributed by atoms with Gasteiger partial charge in [0.2, 0.25) is 11.8 Å². The molecule has 0 fully saturated rings. The van der Waals surface area contributed by atoms with Gasteiger partial charge in [-0.3, -0.25) is 0 Å². The fourth-order valence-corrected chi connectivity index (χ4v) is 2.77. The Bertz CT molecular complexity index is 746. The Balaban J connectivity index is 1.70. The average molecular weight is 318 g/mol. The molecule has 0 bridgehead atoms. The van der Waals surface area contributed by atoms with E-state index in [1.165, 1.54) is 11.8 Å². The molecule has 3 aromatic rings. The van der Waals surface area contributed by atoms with Crippen LogP contribution in [0.25, 0.3) is 11.5 Å². The zero-order valence-electron chi connectivity index (χ0n) is 11.0. The summed E-state index contributed by atoms with van der Waals surface area (Å²) >= 11 is 7.41. The number of hydrogen-bond acceptors (Lipinski definition) is 5. The topological polar surface area (TPSA) is 64.9 Å². The van der Waals surface area contributed by atoms with Gasteiger partial charge in [-0.25, -0.2) is 0 Å². The van der Waals surface area contributed by atoms with Crippen LogP contribution in [0.2, 0.25) is 5.02 Å². The average Bonchev–Trinajstić information content (AvgIpc) is 2.96. The molecule has 21 heavy (non-hydrogen) atoms. The number of nitrogen functional groups attached to an aromatic ring is 1. The van der Waals surface area contributed by atoms with Crippen molar-refractivity contribution < 1.29 is 4.42 Å². The van der Waals surface area contributed by atoms with Gasteiger partial charge in [-0.1, -0.05) is 29.8 Å². The van der Waals surface area contributed by atoms with Gasteiger partial charge in [0.1, 0.15) is 0 Å². The molecule has 0 aliphatic rings. The standard InChI is InChI=1S/C15H12ClN3OS/c16-11-6-7-13(12(17)8-11)21-9-14-18-19-15(20-14)10-4-2-1-3-5-10/h1-8H,9,17H2. The minimum Gasteiger partial charge on any atom is -0.420 e. The van der Waals surface area contributed by atoms with Crippen LogP contribution in [-0.2, 0) is 5.75 Å². The highest BCUT2D eigenvalue weighted by Crippen LogP contribution is 2.30. The smallest absolute Gasteiger partial charge is 0.247 e. The van der Waals surface area contributed by atoms with Gasteiger partial charge in [-0.05, 0) is 30.3 Å². The molecule has 0 spiro atoms. The number of hydrogen-bond donors (Lipinski definition) is 1. The molecule has 0 radical (unpaired) electrons. The second-order valence-electron chi connectivity index (χ2n) is 4.34. The molecule has 0 amide bonds. The van der Waals surface area contributed by atoms with Crippen molar-refractivity contribution in [2.24, 2.45) is 0 Å². The summed E-state index contributed by atoms with van der Waals surface area (Å²) in [5.74, 6) is 1.65. The summed E-state index contributed by atoms with van der Waals surface area (Å²) in [6, 6.07) is 15.1. The van der Waals surface area contributed by atoms with Crippen LogP contribution in [0.15, 0.2) is 57.8 Å². The van der Waals surface area contributed by atoms with Crippen LogP contribution in [-0.4, -0.2) is 10.2 Å². The van der Waals surface area contributed by atoms with E-state index >= 15 is 0 Å². The quantitative estimate of drug-likeness (QED) is 0.575. The number of aromatic nitrogens is 2. The van der Waals surface area contributed by atoms with Gasteiger partial charge in [-0.2, -0.15) is 0 Å². The first-order valence-corrected chi connectivity index (χ1v) is 7.64. The molecule has 0 atom stereocenters. The van der Waals surface area contributed by atoms with Crippen molar-refractivity contribution in [3.8, 4) is 11.5 Å². The zero-order chi connectivity index (χ0) is 14.7. The van der Waals surface area contributed by atoms with E-state index in [1.807, 2.05) is 42.5 Å². The molecule has 106 valence electrons. The van der Waals surface area contributed by atoms with Gasteiger partial charge >= 0.3 is 0 Å². The lowest BCUT2D eigenvalue weighted by Crippen LogP contribution is -1.89. The summed E-state index contributed by atoms with van der Waals surface area (Å²) in [6.07, 6.45) is 0. The van der Waals surface area contributed by atoms with Gasteiger partial charge < -0.3 is 10.2 Å². The normalized spacial score (nSPS) is 10.7. The lowest BCUT2D eigenvalue weighted by Gasteiger charge is -2.03. The van der Waals surface area contributed by atoms with Gasteiger partial charge in [-0.15, -0.1) is 22.0 Å². The lowest BCUT2D eigenvalue weighted by molar-refractivity contribution is 0.528. The molecule has 0 aliphatic carbocycles. The number of benzene rings is 2. The van der Waals surface area contributed by atoms with Crippen molar-refractivity contribution in [3.63, 3.8) is 0 Å². The van der Waals surface area contributed by atoms with Gasteiger partial charge in [0, 0.05) is 21.2 Å². The van der Waals surface area contributed by atoms with Gasteiger partial charge in [0.05, 0.1) is 5.75 Å². The number of nitrogens with two attached hydrogens (primary N) is 1. The third kappa shape index (κ3) is 3.37. The SMILES string of the molecule is Nc1cc(Cl)ccc1SCc1nnc(-c2ccccc2)o1. The maximum atomic E-state index is 5.91.